The van der Waals surface area contributed by atoms with Crippen molar-refractivity contribution in [3.05, 3.63) is 144 Å². The molecule has 756 valence electrons. The Morgan fingerprint density at radius 3 is 1.10 bits per heavy atom. The number of benzene rings is 2. The maximum atomic E-state index is 15.7. The second-order valence-electron chi connectivity index (χ2n) is 39.7. The van der Waals surface area contributed by atoms with E-state index in [1.807, 2.05) is 81.4 Å². The molecule has 134 heavy (non-hydrogen) atoms. The van der Waals surface area contributed by atoms with E-state index in [4.69, 9.17) is 85.3 Å². The first-order valence-electron chi connectivity index (χ1n) is 48.2. The summed E-state index contributed by atoms with van der Waals surface area (Å²) in [6.07, 6.45) is -1.33. The van der Waals surface area contributed by atoms with Crippen LogP contribution in [0.1, 0.15) is 237 Å². The van der Waals surface area contributed by atoms with Crippen LogP contribution in [0.15, 0.2) is 133 Å². The zero-order chi connectivity index (χ0) is 98.5. The highest BCUT2D eigenvalue weighted by Crippen LogP contribution is 2.48. The highest BCUT2D eigenvalue weighted by atomic mass is 19.4. The number of esters is 4. The van der Waals surface area contributed by atoms with Gasteiger partial charge in [-0.05, 0) is 131 Å². The number of rotatable bonds is 24. The van der Waals surface area contributed by atoms with Crippen molar-refractivity contribution in [2.45, 2.75) is 396 Å². The van der Waals surface area contributed by atoms with E-state index in [0.717, 1.165) is 51.3 Å². The largest absolute Gasteiger partial charge is 0.459 e. The smallest absolute Gasteiger partial charge is 0.432 e. The van der Waals surface area contributed by atoms with Gasteiger partial charge in [-0.1, -0.05) is 176 Å². The van der Waals surface area contributed by atoms with Gasteiger partial charge in [0.1, 0.15) is 24.4 Å². The van der Waals surface area contributed by atoms with Crippen molar-refractivity contribution in [2.75, 3.05) is 42.7 Å². The molecule has 2 aromatic carbocycles. The molecule has 32 atom stereocenters. The van der Waals surface area contributed by atoms with Crippen LogP contribution in [0.3, 0.4) is 0 Å². The number of methoxy groups -OCH3 is 6. The fourth-order valence-corrected chi connectivity index (χ4v) is 20.8. The van der Waals surface area contributed by atoms with Crippen LogP contribution in [-0.2, 0) is 116 Å². The summed E-state index contributed by atoms with van der Waals surface area (Å²) in [4.78, 5) is 58.9. The average molecular weight is 1900 g/mol. The number of carbonyl (C=O) groups excluding carboxylic acids is 4. The van der Waals surface area contributed by atoms with E-state index in [0.29, 0.717) is 62.5 Å². The van der Waals surface area contributed by atoms with Gasteiger partial charge >= 0.3 is 36.2 Å². The Balaban J connectivity index is 1.08. The van der Waals surface area contributed by atoms with E-state index in [1.54, 1.807) is 94.3 Å². The predicted molar refractivity (Wildman–Crippen MR) is 491 cm³/mol. The van der Waals surface area contributed by atoms with Crippen molar-refractivity contribution < 1.29 is 141 Å². The number of allylic oxidation sites excluding steroid dienone is 4. The number of aliphatic hydroxyl groups excluding tert-OH is 2. The molecule has 2 N–H and O–H groups in total. The molecule has 0 radical (unpaired) electrons. The summed E-state index contributed by atoms with van der Waals surface area (Å²) in [5.41, 5.74) is -7.21. The van der Waals surface area contributed by atoms with Crippen molar-refractivity contribution in [3.63, 3.8) is 0 Å². The van der Waals surface area contributed by atoms with Crippen LogP contribution in [-0.4, -0.2) is 235 Å². The van der Waals surface area contributed by atoms with Gasteiger partial charge in [-0.15, -0.1) is 0 Å². The Bertz CT molecular complexity index is 3900. The van der Waals surface area contributed by atoms with E-state index >= 15 is 26.3 Å². The lowest BCUT2D eigenvalue weighted by molar-refractivity contribution is -0.324. The molecule has 2 aromatic rings. The lowest BCUT2D eigenvalue weighted by Crippen LogP contribution is -2.54. The van der Waals surface area contributed by atoms with Crippen molar-refractivity contribution in [1.29, 1.82) is 0 Å². The fourth-order valence-electron chi connectivity index (χ4n) is 20.8. The van der Waals surface area contributed by atoms with Crippen LogP contribution in [0.25, 0.3) is 0 Å². The second-order valence-corrected chi connectivity index (χ2v) is 39.7. The number of cyclic esters (lactones) is 2. The molecular weight excluding hydrogens is 1750 g/mol. The molecule has 0 aliphatic carbocycles. The predicted octanol–water partition coefficient (Wildman–Crippen LogP) is 19.0. The molecule has 24 nitrogen and oxygen atoms in total. The van der Waals surface area contributed by atoms with Gasteiger partial charge < -0.3 is 95.5 Å². The molecule has 0 amide bonds. The standard InChI is InChI=1S/C104H154F6O24/c1-61-39-45-81(127-97(115)101(121-21,103(105,106)107)73-31-25-23-26-32-73)53-75-35-29-37-77(125-75)57-85(119-19)67(7)88-60-90(134-100(15,16)132-88)70(10)96(72(12)94(114)64(4)44-48-80-56-84(118-18)52-66(6)124-80)130-92(112)50-42-62(2)40-46-82(128-98(116)102(122-22,104(108,109)110)74-33-27-24-28-34-74)54-76-36-30-38-78(126-76)58-86(120-20)68(8)87-59-89(133-99(13,14)131-87)69(9)95(129-91(111)49-41-61)71(11)93(113)63(3)43-47-79-55-83(117-17)51-65(5)123-79/h23-36,39-42,49-50,63-72,75-90,93-96,113-114H,37-38,43-48,51-60H2,1-22H3/b49-41+,50-42+,61-39+,62-40+/t63-,64-,65-,66-,67+,68+,69-,70-,71-,72-,75-,76-,77-,78-,79-,80-,81-,82-,83+,84+,85-,86-,87-,88-,89+,90+,93-,94-,95-,96-,101+,102+/m0/s1. The molecule has 30 heteroatoms. The number of halogens is 6. The van der Waals surface area contributed by atoms with Gasteiger partial charge in [0, 0.05) is 153 Å². The summed E-state index contributed by atoms with van der Waals surface area (Å²) in [6.45, 7) is 29.9. The number of fused-ring (bicyclic) bond motifs is 8. The second kappa shape index (κ2) is 50.2. The van der Waals surface area contributed by atoms with Crippen molar-refractivity contribution in [2.24, 2.45) is 47.3 Å². The first-order valence-corrected chi connectivity index (χ1v) is 48.2. The highest BCUT2D eigenvalue weighted by molar-refractivity contribution is 5.84. The third-order valence-corrected chi connectivity index (χ3v) is 28.7. The van der Waals surface area contributed by atoms with Crippen molar-refractivity contribution in [1.82, 2.24) is 0 Å². The van der Waals surface area contributed by atoms with Gasteiger partial charge in [-0.3, -0.25) is 0 Å². The van der Waals surface area contributed by atoms with E-state index < -0.39 is 203 Å². The van der Waals surface area contributed by atoms with Crippen LogP contribution >= 0.6 is 0 Å². The lowest BCUT2D eigenvalue weighted by Gasteiger charge is -2.47. The summed E-state index contributed by atoms with van der Waals surface area (Å²) in [7, 11) is 8.13. The van der Waals surface area contributed by atoms with Gasteiger partial charge in [0.05, 0.1) is 110 Å². The monoisotopic (exact) mass is 1900 g/mol. The van der Waals surface area contributed by atoms with Gasteiger partial charge in [0.25, 0.3) is 11.2 Å². The summed E-state index contributed by atoms with van der Waals surface area (Å²) < 4.78 is 208. The first-order chi connectivity index (χ1) is 63.2. The molecule has 0 spiro atoms. The highest BCUT2D eigenvalue weighted by Gasteiger charge is 2.66. The molecule has 4 saturated heterocycles. The Hall–Kier alpha value is -6.30. The Labute approximate surface area is 790 Å². The molecule has 7 aliphatic rings. The number of hydrogen-bond acceptors (Lipinski definition) is 24. The molecule has 4 fully saturated rings. The van der Waals surface area contributed by atoms with E-state index in [1.165, 1.54) is 60.7 Å². The summed E-state index contributed by atoms with van der Waals surface area (Å²) in [6, 6.07) is 13.1. The maximum Gasteiger partial charge on any atom is 0.432 e. The quantitative estimate of drug-likeness (QED) is 0.0428. The minimum absolute atomic E-state index is 0.0195. The molecule has 7 aliphatic heterocycles. The maximum absolute atomic E-state index is 15.7. The number of aliphatic hydroxyl groups is 2. The lowest BCUT2D eigenvalue weighted by atomic mass is 9.78. The Morgan fingerprint density at radius 1 is 0.440 bits per heavy atom. The minimum Gasteiger partial charge on any atom is -0.459 e. The zero-order valence-electron chi connectivity index (χ0n) is 82.7. The number of carbonyl (C=O) groups is 4. The third-order valence-electron chi connectivity index (χ3n) is 28.7. The molecule has 8 bridgehead atoms. The normalized spacial score (nSPS) is 35.9. The van der Waals surface area contributed by atoms with E-state index in [-0.39, 0.29) is 99.8 Å². The molecule has 9 rings (SSSR count). The van der Waals surface area contributed by atoms with Gasteiger partial charge in [-0.25, -0.2) is 19.2 Å². The fraction of sp³-hybridized carbons (Fsp3) is 0.731. The topological polar surface area (TPSA) is 275 Å². The number of ether oxygens (including phenoxy) is 18. The minimum atomic E-state index is -5.31. The molecule has 0 unspecified atom stereocenters. The number of hydrogen-bond donors (Lipinski definition) is 2. The van der Waals surface area contributed by atoms with Crippen LogP contribution < -0.4 is 0 Å². The summed E-state index contributed by atoms with van der Waals surface area (Å²) >= 11 is 0. The summed E-state index contributed by atoms with van der Waals surface area (Å²) in [5.74, 6) is -11.6. The van der Waals surface area contributed by atoms with Crippen LogP contribution in [0.2, 0.25) is 0 Å². The van der Waals surface area contributed by atoms with Crippen LogP contribution in [0, 0.1) is 47.3 Å². The Morgan fingerprint density at radius 2 is 0.784 bits per heavy atom. The average Bonchev–Trinajstić information content (AvgIpc) is 0.750. The van der Waals surface area contributed by atoms with Crippen molar-refractivity contribution in [3.8, 4) is 0 Å². The zero-order valence-corrected chi connectivity index (χ0v) is 82.7. The van der Waals surface area contributed by atoms with Gasteiger partial charge in [0.2, 0.25) is 0 Å². The van der Waals surface area contributed by atoms with Crippen LogP contribution in [0.4, 0.5) is 26.3 Å². The van der Waals surface area contributed by atoms with Gasteiger partial charge in [-0.2, -0.15) is 26.3 Å². The number of alkyl halides is 6. The molecule has 0 aromatic heterocycles. The van der Waals surface area contributed by atoms with Gasteiger partial charge in [0.15, 0.2) is 11.6 Å². The van der Waals surface area contributed by atoms with Crippen molar-refractivity contribution >= 4 is 23.9 Å². The molecular formula is C104H154F6O24. The Kier molecular flexibility index (Phi) is 41.7. The SMILES string of the molecule is CO[C@H]1C[C@H](CC[C@H](C)[C@H](O)[C@H](C)[C@H]2OC(=O)/C=C/C(C)=C/C[C@H](OC(=O)[C@](OC)(c3ccccc3)C(F)(F)F)C[C@@H]3C=CC[C@@H](C[C@H](OC)[C@@H](C)[C@@H]4C[C@@H](OC(C)(C)O4)[C@H](C)[C@@H]([C@@H](C)[C@@H](O)[C@@H](C)CC[C@H]4C[C@H](OC)C[C@H](C)O4)OC(=O)/C=C/C(C)=C/C[C@H](OC(=O)[C@](OC)(c4ccccc4)C(F)(F)F)C[C@@H]4C=CC[C@@H](C[C@H](OC)[C@@H](C)[C@@H]5C[C@@H](OC(C)(C)O5)[C@@H]2C)O4)O3)O[C@@H](C)C1. The van der Waals surface area contributed by atoms with E-state index in [2.05, 4.69) is 0 Å². The third kappa shape index (κ3) is 29.9. The van der Waals surface area contributed by atoms with E-state index in [9.17, 15) is 29.4 Å². The van der Waals surface area contributed by atoms with Crippen LogP contribution in [0.5, 0.6) is 0 Å². The summed E-state index contributed by atoms with van der Waals surface area (Å²) in [5, 5.41) is 25.1. The first kappa shape index (κ1) is 111. The molecule has 7 heterocycles. The molecule has 0 saturated carbocycles.